The Hall–Kier alpha value is -3.23. The van der Waals surface area contributed by atoms with E-state index in [9.17, 15) is 13.2 Å². The first-order valence-corrected chi connectivity index (χ1v) is 10.7. The molecular weight excluding hydrogens is 402 g/mol. The number of rotatable bonds is 7. The van der Waals surface area contributed by atoms with Crippen molar-refractivity contribution in [3.05, 3.63) is 71.8 Å². The van der Waals surface area contributed by atoms with Gasteiger partial charge in [0, 0.05) is 12.6 Å². The topological polar surface area (TPSA) is 88.1 Å². The number of hydrogen-bond acceptors (Lipinski definition) is 5. The number of amides is 1. The maximum absolute atomic E-state index is 12.9. The van der Waals surface area contributed by atoms with Gasteiger partial charge >= 0.3 is 0 Å². The molecule has 0 saturated carbocycles. The number of likely N-dealkylation sites (N-methyl/N-ethyl adjacent to an activating group) is 1. The molecule has 0 fully saturated rings. The standard InChI is InChI=1S/C22H23N3O4S/c1-16-11-12-20(29-3)21(13-16)30(27,28)25(2)15-22(26)24-23-14-18-9-6-8-17-7-4-5-10-19(17)18/h4-14H,15H2,1-3H3,(H,24,26). The summed E-state index contributed by atoms with van der Waals surface area (Å²) >= 11 is 0. The number of nitrogens with zero attached hydrogens (tertiary/aromatic N) is 2. The molecule has 0 aliphatic heterocycles. The van der Waals surface area contributed by atoms with Gasteiger partial charge in [-0.25, -0.2) is 13.8 Å². The third-order valence-electron chi connectivity index (χ3n) is 4.59. The molecule has 0 atom stereocenters. The number of methoxy groups -OCH3 is 1. The van der Waals surface area contributed by atoms with E-state index in [1.807, 2.05) is 42.5 Å². The van der Waals surface area contributed by atoms with Crippen LogP contribution in [-0.2, 0) is 14.8 Å². The van der Waals surface area contributed by atoms with Crippen LogP contribution in [0.15, 0.2) is 70.7 Å². The molecular formula is C22H23N3O4S. The number of nitrogens with one attached hydrogen (secondary N) is 1. The van der Waals surface area contributed by atoms with Crippen LogP contribution in [-0.4, -0.2) is 45.5 Å². The quantitative estimate of drug-likeness (QED) is 0.466. The largest absolute Gasteiger partial charge is 0.495 e. The average Bonchev–Trinajstić information content (AvgIpc) is 2.73. The van der Waals surface area contributed by atoms with E-state index in [0.29, 0.717) is 0 Å². The number of hydrogen-bond donors (Lipinski definition) is 1. The van der Waals surface area contributed by atoms with Crippen molar-refractivity contribution in [1.29, 1.82) is 0 Å². The Balaban J connectivity index is 1.70. The van der Waals surface area contributed by atoms with E-state index in [4.69, 9.17) is 4.74 Å². The molecule has 156 valence electrons. The van der Waals surface area contributed by atoms with Gasteiger partial charge in [0.25, 0.3) is 5.91 Å². The maximum atomic E-state index is 12.9. The number of carbonyl (C=O) groups is 1. The van der Waals surface area contributed by atoms with Crippen LogP contribution < -0.4 is 10.2 Å². The first-order valence-electron chi connectivity index (χ1n) is 9.23. The zero-order valence-electron chi connectivity index (χ0n) is 17.0. The Bertz CT molecular complexity index is 1200. The molecule has 1 amide bonds. The molecule has 7 nitrogen and oxygen atoms in total. The molecule has 8 heteroatoms. The Morgan fingerprint density at radius 3 is 2.63 bits per heavy atom. The van der Waals surface area contributed by atoms with Crippen molar-refractivity contribution in [2.75, 3.05) is 20.7 Å². The average molecular weight is 426 g/mol. The molecule has 30 heavy (non-hydrogen) atoms. The Labute approximate surface area is 176 Å². The molecule has 3 rings (SSSR count). The minimum atomic E-state index is -3.91. The van der Waals surface area contributed by atoms with E-state index in [1.165, 1.54) is 26.4 Å². The molecule has 0 aliphatic carbocycles. The minimum Gasteiger partial charge on any atom is -0.495 e. The van der Waals surface area contributed by atoms with Crippen LogP contribution in [0.2, 0.25) is 0 Å². The van der Waals surface area contributed by atoms with Gasteiger partial charge in [-0.15, -0.1) is 0 Å². The fourth-order valence-electron chi connectivity index (χ4n) is 3.01. The summed E-state index contributed by atoms with van der Waals surface area (Å²) in [7, 11) is -1.17. The van der Waals surface area contributed by atoms with Crippen molar-refractivity contribution in [1.82, 2.24) is 9.73 Å². The number of hydrazone groups is 1. The molecule has 0 heterocycles. The second-order valence-corrected chi connectivity index (χ2v) is 8.79. The highest BCUT2D eigenvalue weighted by atomic mass is 32.2. The van der Waals surface area contributed by atoms with Gasteiger partial charge in [-0.2, -0.15) is 9.41 Å². The lowest BCUT2D eigenvalue weighted by molar-refractivity contribution is -0.121. The van der Waals surface area contributed by atoms with Crippen LogP contribution in [0, 0.1) is 6.92 Å². The second-order valence-electron chi connectivity index (χ2n) is 6.78. The molecule has 0 unspecified atom stereocenters. The molecule has 0 bridgehead atoms. The van der Waals surface area contributed by atoms with Crippen molar-refractivity contribution in [2.24, 2.45) is 5.10 Å². The molecule has 0 spiro atoms. The summed E-state index contributed by atoms with van der Waals surface area (Å²) in [6.07, 6.45) is 1.54. The van der Waals surface area contributed by atoms with Crippen molar-refractivity contribution < 1.29 is 17.9 Å². The first kappa shape index (κ1) is 21.5. The molecule has 0 saturated heterocycles. The van der Waals surface area contributed by atoms with Crippen LogP contribution in [0.1, 0.15) is 11.1 Å². The van der Waals surface area contributed by atoms with E-state index in [0.717, 1.165) is 26.2 Å². The third-order valence-corrected chi connectivity index (χ3v) is 6.41. The lowest BCUT2D eigenvalue weighted by atomic mass is 10.1. The number of aryl methyl sites for hydroxylation is 1. The van der Waals surface area contributed by atoms with Crippen molar-refractivity contribution in [3.8, 4) is 5.75 Å². The van der Waals surface area contributed by atoms with Crippen LogP contribution in [0.5, 0.6) is 5.75 Å². The third kappa shape index (κ3) is 4.67. The highest BCUT2D eigenvalue weighted by Gasteiger charge is 2.26. The monoisotopic (exact) mass is 425 g/mol. The summed E-state index contributed by atoms with van der Waals surface area (Å²) in [6.45, 7) is 1.40. The number of sulfonamides is 1. The van der Waals surface area contributed by atoms with Gasteiger partial charge in [-0.3, -0.25) is 4.79 Å². The number of benzene rings is 3. The van der Waals surface area contributed by atoms with Gasteiger partial charge in [-0.05, 0) is 35.4 Å². The predicted molar refractivity (Wildman–Crippen MR) is 117 cm³/mol. The van der Waals surface area contributed by atoms with E-state index < -0.39 is 15.9 Å². The van der Waals surface area contributed by atoms with Crippen LogP contribution >= 0.6 is 0 Å². The first-order chi connectivity index (χ1) is 14.3. The van der Waals surface area contributed by atoms with Crippen LogP contribution in [0.25, 0.3) is 10.8 Å². The Kier molecular flexibility index (Phi) is 6.49. The summed E-state index contributed by atoms with van der Waals surface area (Å²) < 4.78 is 31.9. The number of ether oxygens (including phenoxy) is 1. The molecule has 3 aromatic carbocycles. The van der Waals surface area contributed by atoms with E-state index >= 15 is 0 Å². The van der Waals surface area contributed by atoms with Crippen molar-refractivity contribution >= 4 is 32.9 Å². The van der Waals surface area contributed by atoms with E-state index in [-0.39, 0.29) is 17.2 Å². The summed E-state index contributed by atoms with van der Waals surface area (Å²) in [5.41, 5.74) is 4.00. The smallest absolute Gasteiger partial charge is 0.255 e. The SMILES string of the molecule is COc1ccc(C)cc1S(=O)(=O)N(C)CC(=O)NN=Cc1cccc2ccccc12. The van der Waals surface area contributed by atoms with Crippen LogP contribution in [0.4, 0.5) is 0 Å². The maximum Gasteiger partial charge on any atom is 0.255 e. The molecule has 0 aliphatic rings. The van der Waals surface area contributed by atoms with E-state index in [2.05, 4.69) is 10.5 Å². The van der Waals surface area contributed by atoms with Crippen molar-refractivity contribution in [3.63, 3.8) is 0 Å². The fourth-order valence-corrected chi connectivity index (χ4v) is 4.38. The lowest BCUT2D eigenvalue weighted by Crippen LogP contribution is -2.36. The zero-order chi connectivity index (χ0) is 21.7. The second kappa shape index (κ2) is 9.06. The zero-order valence-corrected chi connectivity index (χ0v) is 17.8. The fraction of sp³-hybridized carbons (Fsp3) is 0.182. The molecule has 1 N–H and O–H groups in total. The van der Waals surface area contributed by atoms with E-state index in [1.54, 1.807) is 19.1 Å². The van der Waals surface area contributed by atoms with Crippen LogP contribution in [0.3, 0.4) is 0 Å². The Morgan fingerprint density at radius 1 is 1.13 bits per heavy atom. The number of fused-ring (bicyclic) bond motifs is 1. The van der Waals surface area contributed by atoms with Crippen molar-refractivity contribution in [2.45, 2.75) is 11.8 Å². The summed E-state index contributed by atoms with van der Waals surface area (Å²) in [6, 6.07) is 18.5. The molecule has 0 radical (unpaired) electrons. The minimum absolute atomic E-state index is 0.0135. The van der Waals surface area contributed by atoms with Gasteiger partial charge in [0.2, 0.25) is 10.0 Å². The van der Waals surface area contributed by atoms with Gasteiger partial charge in [0.05, 0.1) is 19.9 Å². The Morgan fingerprint density at radius 2 is 1.87 bits per heavy atom. The molecule has 0 aromatic heterocycles. The normalized spacial score (nSPS) is 11.9. The highest BCUT2D eigenvalue weighted by Crippen LogP contribution is 2.27. The molecule has 3 aromatic rings. The number of carbonyl (C=O) groups excluding carboxylic acids is 1. The van der Waals surface area contributed by atoms with Gasteiger partial charge in [0.1, 0.15) is 10.6 Å². The highest BCUT2D eigenvalue weighted by molar-refractivity contribution is 7.89. The predicted octanol–water partition coefficient (Wildman–Crippen LogP) is 2.93. The summed E-state index contributed by atoms with van der Waals surface area (Å²) in [4.78, 5) is 12.3. The van der Waals surface area contributed by atoms with Gasteiger partial charge < -0.3 is 4.74 Å². The summed E-state index contributed by atoms with van der Waals surface area (Å²) in [5.74, 6) is -0.328. The van der Waals surface area contributed by atoms with Gasteiger partial charge in [0.15, 0.2) is 0 Å². The van der Waals surface area contributed by atoms with Gasteiger partial charge in [-0.1, -0.05) is 48.5 Å². The summed E-state index contributed by atoms with van der Waals surface area (Å²) in [5, 5.41) is 6.04. The lowest BCUT2D eigenvalue weighted by Gasteiger charge is -2.18.